The van der Waals surface area contributed by atoms with Crippen LogP contribution in [-0.2, 0) is 0 Å². The van der Waals surface area contributed by atoms with Crippen molar-refractivity contribution in [2.45, 2.75) is 83.1 Å². The SMILES string of the molecule is CCCCCCCCCCC1(N)CC1. The Kier molecular flexibility index (Phi) is 5.54. The van der Waals surface area contributed by atoms with Gasteiger partial charge in [-0.25, -0.2) is 0 Å². The molecule has 0 aromatic rings. The van der Waals surface area contributed by atoms with Crippen molar-refractivity contribution in [1.82, 2.24) is 0 Å². The van der Waals surface area contributed by atoms with Crippen molar-refractivity contribution in [3.63, 3.8) is 0 Å². The van der Waals surface area contributed by atoms with Gasteiger partial charge < -0.3 is 5.73 Å². The molecule has 0 heterocycles. The lowest BCUT2D eigenvalue weighted by Gasteiger charge is -2.07. The first kappa shape index (κ1) is 12.0. The van der Waals surface area contributed by atoms with E-state index in [1.54, 1.807) is 0 Å². The number of nitrogens with two attached hydrogens (primary N) is 1. The molecule has 1 heteroatoms. The molecule has 84 valence electrons. The van der Waals surface area contributed by atoms with Crippen LogP contribution in [0, 0.1) is 0 Å². The Morgan fingerprint density at radius 1 is 0.857 bits per heavy atom. The maximum absolute atomic E-state index is 6.03. The minimum atomic E-state index is 0.294. The second kappa shape index (κ2) is 6.44. The highest BCUT2D eigenvalue weighted by atomic mass is 14.8. The van der Waals surface area contributed by atoms with E-state index >= 15 is 0 Å². The van der Waals surface area contributed by atoms with Crippen LogP contribution in [0.2, 0.25) is 0 Å². The summed E-state index contributed by atoms with van der Waals surface area (Å²) in [5.74, 6) is 0. The molecule has 0 spiro atoms. The minimum absolute atomic E-state index is 0.294. The van der Waals surface area contributed by atoms with Crippen LogP contribution in [0.25, 0.3) is 0 Å². The van der Waals surface area contributed by atoms with E-state index in [2.05, 4.69) is 6.92 Å². The molecule has 1 saturated carbocycles. The monoisotopic (exact) mass is 197 g/mol. The summed E-state index contributed by atoms with van der Waals surface area (Å²) >= 11 is 0. The fraction of sp³-hybridized carbons (Fsp3) is 1.00. The third-order valence-electron chi connectivity index (χ3n) is 3.42. The number of hydrogen-bond acceptors (Lipinski definition) is 1. The Morgan fingerprint density at radius 3 is 1.86 bits per heavy atom. The van der Waals surface area contributed by atoms with E-state index in [9.17, 15) is 0 Å². The Labute approximate surface area is 89.5 Å². The molecule has 0 bridgehead atoms. The molecule has 0 unspecified atom stereocenters. The molecule has 2 N–H and O–H groups in total. The summed E-state index contributed by atoms with van der Waals surface area (Å²) in [6.07, 6.45) is 15.2. The van der Waals surface area contributed by atoms with Crippen LogP contribution in [0.1, 0.15) is 77.6 Å². The third-order valence-corrected chi connectivity index (χ3v) is 3.42. The van der Waals surface area contributed by atoms with E-state index in [0.717, 1.165) is 0 Å². The standard InChI is InChI=1S/C13H27N/c1-2-3-4-5-6-7-8-9-10-13(14)11-12-13/h2-12,14H2,1H3. The molecule has 14 heavy (non-hydrogen) atoms. The molecular formula is C13H27N. The fourth-order valence-electron chi connectivity index (χ4n) is 2.02. The van der Waals surface area contributed by atoms with Crippen LogP contribution in [0.4, 0.5) is 0 Å². The van der Waals surface area contributed by atoms with Crippen LogP contribution in [0.3, 0.4) is 0 Å². The smallest absolute Gasteiger partial charge is 0.0155 e. The fourth-order valence-corrected chi connectivity index (χ4v) is 2.02. The van der Waals surface area contributed by atoms with Gasteiger partial charge in [0.15, 0.2) is 0 Å². The quantitative estimate of drug-likeness (QED) is 0.555. The van der Waals surface area contributed by atoms with Gasteiger partial charge in [-0.05, 0) is 19.3 Å². The zero-order chi connectivity index (χ0) is 10.3. The van der Waals surface area contributed by atoms with E-state index in [1.807, 2.05) is 0 Å². The summed E-state index contributed by atoms with van der Waals surface area (Å²) in [6.45, 7) is 2.27. The molecule has 0 amide bonds. The molecule has 1 rings (SSSR count). The maximum Gasteiger partial charge on any atom is 0.0155 e. The van der Waals surface area contributed by atoms with Crippen molar-refractivity contribution in [3.8, 4) is 0 Å². The van der Waals surface area contributed by atoms with E-state index in [0.29, 0.717) is 5.54 Å². The highest BCUT2D eigenvalue weighted by Gasteiger charge is 2.36. The summed E-state index contributed by atoms with van der Waals surface area (Å²) in [7, 11) is 0. The largest absolute Gasteiger partial charge is 0.325 e. The summed E-state index contributed by atoms with van der Waals surface area (Å²) in [4.78, 5) is 0. The third kappa shape index (κ3) is 5.64. The van der Waals surface area contributed by atoms with E-state index < -0.39 is 0 Å². The zero-order valence-electron chi connectivity index (χ0n) is 9.86. The summed E-state index contributed by atoms with van der Waals surface area (Å²) in [5, 5.41) is 0. The molecule has 0 radical (unpaired) electrons. The van der Waals surface area contributed by atoms with Crippen LogP contribution in [0.15, 0.2) is 0 Å². The molecule has 1 nitrogen and oxygen atoms in total. The van der Waals surface area contributed by atoms with Crippen LogP contribution in [0.5, 0.6) is 0 Å². The molecule has 0 aromatic carbocycles. The molecule has 0 atom stereocenters. The highest BCUT2D eigenvalue weighted by Crippen LogP contribution is 2.37. The average Bonchev–Trinajstić information content (AvgIpc) is 2.89. The lowest BCUT2D eigenvalue weighted by Crippen LogP contribution is -2.20. The Hall–Kier alpha value is -0.0400. The van der Waals surface area contributed by atoms with Crippen LogP contribution < -0.4 is 5.73 Å². The van der Waals surface area contributed by atoms with E-state index in [1.165, 1.54) is 70.6 Å². The minimum Gasteiger partial charge on any atom is -0.325 e. The summed E-state index contributed by atoms with van der Waals surface area (Å²) in [5.41, 5.74) is 6.32. The second-order valence-corrected chi connectivity index (χ2v) is 5.09. The Morgan fingerprint density at radius 2 is 1.36 bits per heavy atom. The van der Waals surface area contributed by atoms with E-state index in [-0.39, 0.29) is 0 Å². The summed E-state index contributed by atoms with van der Waals surface area (Å²) in [6, 6.07) is 0. The van der Waals surface area contributed by atoms with Gasteiger partial charge in [-0.2, -0.15) is 0 Å². The Balaban J connectivity index is 1.72. The molecule has 0 aromatic heterocycles. The average molecular weight is 197 g/mol. The second-order valence-electron chi connectivity index (χ2n) is 5.09. The lowest BCUT2D eigenvalue weighted by molar-refractivity contribution is 0.520. The maximum atomic E-state index is 6.03. The van der Waals surface area contributed by atoms with Gasteiger partial charge in [0.25, 0.3) is 0 Å². The van der Waals surface area contributed by atoms with Crippen molar-refractivity contribution in [2.75, 3.05) is 0 Å². The predicted octanol–water partition coefficient (Wildman–Crippen LogP) is 4.01. The van der Waals surface area contributed by atoms with Gasteiger partial charge in [0.05, 0.1) is 0 Å². The van der Waals surface area contributed by atoms with Crippen molar-refractivity contribution >= 4 is 0 Å². The van der Waals surface area contributed by atoms with Crippen LogP contribution >= 0.6 is 0 Å². The van der Waals surface area contributed by atoms with Gasteiger partial charge in [0.1, 0.15) is 0 Å². The normalized spacial score (nSPS) is 18.4. The first-order valence-electron chi connectivity index (χ1n) is 6.56. The lowest BCUT2D eigenvalue weighted by atomic mass is 10.0. The first-order valence-corrected chi connectivity index (χ1v) is 6.56. The van der Waals surface area contributed by atoms with Crippen molar-refractivity contribution in [2.24, 2.45) is 5.73 Å². The molecule has 1 aliphatic carbocycles. The van der Waals surface area contributed by atoms with Crippen molar-refractivity contribution < 1.29 is 0 Å². The Bertz CT molecular complexity index is 138. The number of hydrogen-bond donors (Lipinski definition) is 1. The number of unbranched alkanes of at least 4 members (excludes halogenated alkanes) is 7. The van der Waals surface area contributed by atoms with Gasteiger partial charge >= 0.3 is 0 Å². The topological polar surface area (TPSA) is 26.0 Å². The number of rotatable bonds is 9. The molecule has 1 fully saturated rings. The first-order chi connectivity index (χ1) is 6.77. The van der Waals surface area contributed by atoms with Gasteiger partial charge in [0.2, 0.25) is 0 Å². The van der Waals surface area contributed by atoms with Crippen molar-refractivity contribution in [3.05, 3.63) is 0 Å². The molecule has 0 saturated heterocycles. The molecule has 1 aliphatic rings. The van der Waals surface area contributed by atoms with Gasteiger partial charge in [-0.3, -0.25) is 0 Å². The van der Waals surface area contributed by atoms with Gasteiger partial charge in [-0.1, -0.05) is 58.3 Å². The van der Waals surface area contributed by atoms with Crippen LogP contribution in [-0.4, -0.2) is 5.54 Å². The highest BCUT2D eigenvalue weighted by molar-refractivity contribution is 4.97. The molecule has 0 aliphatic heterocycles. The summed E-state index contributed by atoms with van der Waals surface area (Å²) < 4.78 is 0. The van der Waals surface area contributed by atoms with Gasteiger partial charge in [0, 0.05) is 5.54 Å². The van der Waals surface area contributed by atoms with Crippen molar-refractivity contribution in [1.29, 1.82) is 0 Å². The molecular weight excluding hydrogens is 170 g/mol. The predicted molar refractivity (Wildman–Crippen MR) is 63.4 cm³/mol. The van der Waals surface area contributed by atoms with Gasteiger partial charge in [-0.15, -0.1) is 0 Å². The zero-order valence-corrected chi connectivity index (χ0v) is 9.86. The van der Waals surface area contributed by atoms with E-state index in [4.69, 9.17) is 5.73 Å².